The van der Waals surface area contributed by atoms with Crippen LogP contribution < -0.4 is 0 Å². The Balaban J connectivity index is 6.39. The molecule has 0 amide bonds. The largest absolute Gasteiger partial charge is 0.360 e. The normalized spacial score (nSPS) is 15.7. The average Bonchev–Trinajstić information content (AvgIpc) is 2.42. The van der Waals surface area contributed by atoms with E-state index >= 15 is 0 Å². The van der Waals surface area contributed by atoms with Gasteiger partial charge in [-0.2, -0.15) is 0 Å². The van der Waals surface area contributed by atoms with E-state index in [-0.39, 0.29) is 5.78 Å². The van der Waals surface area contributed by atoms with E-state index in [1.54, 1.807) is 12.2 Å². The van der Waals surface area contributed by atoms with Gasteiger partial charge in [-0.3, -0.25) is 4.79 Å². The van der Waals surface area contributed by atoms with Crippen molar-refractivity contribution in [2.45, 2.75) is 78.8 Å². The summed E-state index contributed by atoms with van der Waals surface area (Å²) >= 11 is 0. The first-order valence-electron chi connectivity index (χ1n) is 8.83. The van der Waals surface area contributed by atoms with Gasteiger partial charge in [-0.25, -0.2) is 0 Å². The van der Waals surface area contributed by atoms with Gasteiger partial charge in [-0.15, -0.1) is 6.58 Å². The Kier molecular flexibility index (Phi) is 9.45. The maximum absolute atomic E-state index is 12.8. The topological polar surface area (TPSA) is 26.3 Å². The maximum Gasteiger partial charge on any atom is 0.188 e. The minimum Gasteiger partial charge on any atom is -0.360 e. The number of allylic oxidation sites excluding steroid dienone is 5. The highest BCUT2D eigenvalue weighted by atomic mass is 28.3. The molecule has 0 spiro atoms. The molecular formula is C21H36O2Si. The van der Waals surface area contributed by atoms with Crippen LogP contribution in [0.3, 0.4) is 0 Å². The summed E-state index contributed by atoms with van der Waals surface area (Å²) in [4.78, 5) is 12.8. The van der Waals surface area contributed by atoms with Gasteiger partial charge in [0.1, 0.15) is 6.10 Å². The minimum atomic E-state index is -1.64. The van der Waals surface area contributed by atoms with Crippen molar-refractivity contribution in [3.8, 4) is 0 Å². The van der Waals surface area contributed by atoms with Crippen molar-refractivity contribution < 1.29 is 9.53 Å². The van der Waals surface area contributed by atoms with Crippen LogP contribution in [0, 0.1) is 0 Å². The molecule has 1 unspecified atom stereocenters. The van der Waals surface area contributed by atoms with Gasteiger partial charge < -0.3 is 4.74 Å². The average molecular weight is 349 g/mol. The highest BCUT2D eigenvalue weighted by molar-refractivity contribution is 6.83. The smallest absolute Gasteiger partial charge is 0.188 e. The second kappa shape index (κ2) is 9.95. The summed E-state index contributed by atoms with van der Waals surface area (Å²) in [6.45, 7) is 20.8. The van der Waals surface area contributed by atoms with E-state index in [0.29, 0.717) is 6.42 Å². The van der Waals surface area contributed by atoms with E-state index in [2.05, 4.69) is 45.3 Å². The summed E-state index contributed by atoms with van der Waals surface area (Å²) in [5.74, 6) is 0.00456. The second-order valence-electron chi connectivity index (χ2n) is 8.00. The van der Waals surface area contributed by atoms with Crippen LogP contribution in [0.25, 0.3) is 0 Å². The van der Waals surface area contributed by atoms with E-state index in [9.17, 15) is 4.79 Å². The number of hydrogen-bond donors (Lipinski definition) is 0. The standard InChI is InChI=1S/C21H36O2Si/c1-10-13-16-19(24(7,8)9)17(14-11-2)20(18(22)15-12-3)23-21(4,5)6/h11-13,15-16,20H,2,10,14H2,1,3-9H3/b15-12+,16-13+,19-17+. The number of carbonyl (C=O) groups is 1. The van der Waals surface area contributed by atoms with Crippen molar-refractivity contribution in [2.24, 2.45) is 0 Å². The zero-order chi connectivity index (χ0) is 19.0. The zero-order valence-electron chi connectivity index (χ0n) is 16.9. The molecule has 0 heterocycles. The maximum atomic E-state index is 12.8. The number of carbonyl (C=O) groups excluding carboxylic acids is 1. The van der Waals surface area contributed by atoms with Gasteiger partial charge in [-0.1, -0.05) is 56.1 Å². The molecule has 0 aliphatic rings. The third-order valence-electron chi connectivity index (χ3n) is 3.42. The highest BCUT2D eigenvalue weighted by Gasteiger charge is 2.31. The number of ether oxygens (including phenoxy) is 1. The fraction of sp³-hybridized carbons (Fsp3) is 0.571. The molecule has 0 saturated carbocycles. The summed E-state index contributed by atoms with van der Waals surface area (Å²) in [6.07, 6.45) is 10.7. The molecule has 0 aromatic rings. The van der Waals surface area contributed by atoms with Gasteiger partial charge in [0, 0.05) is 0 Å². The van der Waals surface area contributed by atoms with E-state index in [1.807, 2.05) is 33.8 Å². The molecule has 0 bridgehead atoms. The van der Waals surface area contributed by atoms with Crippen LogP contribution in [0.15, 0.2) is 47.7 Å². The molecule has 0 aliphatic carbocycles. The molecule has 3 heteroatoms. The molecule has 0 aromatic heterocycles. The molecule has 0 aliphatic heterocycles. The van der Waals surface area contributed by atoms with E-state index in [1.165, 1.54) is 5.20 Å². The molecule has 0 rings (SSSR count). The van der Waals surface area contributed by atoms with E-state index < -0.39 is 19.8 Å². The fourth-order valence-corrected chi connectivity index (χ4v) is 4.31. The van der Waals surface area contributed by atoms with Crippen molar-refractivity contribution in [3.63, 3.8) is 0 Å². The zero-order valence-corrected chi connectivity index (χ0v) is 17.9. The molecule has 2 nitrogen and oxygen atoms in total. The lowest BCUT2D eigenvalue weighted by Crippen LogP contribution is -2.37. The molecule has 136 valence electrons. The Labute approximate surface area is 150 Å². The predicted octanol–water partition coefficient (Wildman–Crippen LogP) is 6.03. The molecule has 1 atom stereocenters. The molecule has 0 fully saturated rings. The first-order valence-corrected chi connectivity index (χ1v) is 12.3. The fourth-order valence-electron chi connectivity index (χ4n) is 2.49. The third-order valence-corrected chi connectivity index (χ3v) is 5.52. The Morgan fingerprint density at radius 3 is 2.17 bits per heavy atom. The van der Waals surface area contributed by atoms with Crippen LogP contribution >= 0.6 is 0 Å². The lowest BCUT2D eigenvalue weighted by molar-refractivity contribution is -0.131. The summed E-state index contributed by atoms with van der Waals surface area (Å²) in [6, 6.07) is 0. The first kappa shape index (κ1) is 22.8. The van der Waals surface area contributed by atoms with Crippen LogP contribution in [0.5, 0.6) is 0 Å². The van der Waals surface area contributed by atoms with Gasteiger partial charge in [0.05, 0.1) is 13.7 Å². The van der Waals surface area contributed by atoms with Gasteiger partial charge in [0.25, 0.3) is 0 Å². The predicted molar refractivity (Wildman–Crippen MR) is 109 cm³/mol. The summed E-state index contributed by atoms with van der Waals surface area (Å²) in [7, 11) is -1.64. The lowest BCUT2D eigenvalue weighted by atomic mass is 9.99. The van der Waals surface area contributed by atoms with Crippen molar-refractivity contribution in [3.05, 3.63) is 47.7 Å². The number of ketones is 1. The Hall–Kier alpha value is -1.19. The number of hydrogen-bond acceptors (Lipinski definition) is 2. The first-order chi connectivity index (χ1) is 11.0. The Bertz CT molecular complexity index is 511. The Morgan fingerprint density at radius 1 is 1.21 bits per heavy atom. The van der Waals surface area contributed by atoms with Crippen LogP contribution in [-0.2, 0) is 9.53 Å². The number of rotatable bonds is 9. The quantitative estimate of drug-likeness (QED) is 0.220. The molecule has 0 radical (unpaired) electrons. The molecule has 24 heavy (non-hydrogen) atoms. The van der Waals surface area contributed by atoms with Crippen molar-refractivity contribution in [1.29, 1.82) is 0 Å². The molecule has 0 saturated heterocycles. The van der Waals surface area contributed by atoms with Gasteiger partial charge >= 0.3 is 0 Å². The van der Waals surface area contributed by atoms with E-state index in [4.69, 9.17) is 4.74 Å². The van der Waals surface area contributed by atoms with Crippen molar-refractivity contribution in [2.75, 3.05) is 0 Å². The second-order valence-corrected chi connectivity index (χ2v) is 13.0. The summed E-state index contributed by atoms with van der Waals surface area (Å²) in [5.41, 5.74) is 0.666. The van der Waals surface area contributed by atoms with Crippen molar-refractivity contribution in [1.82, 2.24) is 0 Å². The molecule has 0 aromatic carbocycles. The van der Waals surface area contributed by atoms with Gasteiger partial charge in [-0.05, 0) is 52.2 Å². The lowest BCUT2D eigenvalue weighted by Gasteiger charge is -2.31. The van der Waals surface area contributed by atoms with Crippen molar-refractivity contribution >= 4 is 13.9 Å². The summed E-state index contributed by atoms with van der Waals surface area (Å²) < 4.78 is 6.20. The molecule has 0 N–H and O–H groups in total. The van der Waals surface area contributed by atoms with Crippen LogP contribution in [0.4, 0.5) is 0 Å². The van der Waals surface area contributed by atoms with Crippen LogP contribution in [0.1, 0.15) is 47.5 Å². The Morgan fingerprint density at radius 2 is 1.79 bits per heavy atom. The monoisotopic (exact) mass is 348 g/mol. The van der Waals surface area contributed by atoms with Gasteiger partial charge in [0.2, 0.25) is 0 Å². The summed E-state index contributed by atoms with van der Waals surface area (Å²) in [5, 5.41) is 1.29. The van der Waals surface area contributed by atoms with Crippen LogP contribution in [0.2, 0.25) is 19.6 Å². The highest BCUT2D eigenvalue weighted by Crippen LogP contribution is 2.29. The van der Waals surface area contributed by atoms with E-state index in [0.717, 1.165) is 12.0 Å². The minimum absolute atomic E-state index is 0.00456. The molecular weight excluding hydrogens is 312 g/mol. The van der Waals surface area contributed by atoms with Gasteiger partial charge in [0.15, 0.2) is 5.78 Å². The third kappa shape index (κ3) is 8.07. The van der Waals surface area contributed by atoms with Crippen LogP contribution in [-0.4, -0.2) is 25.6 Å². The SMILES string of the molecule is C=CC/C(=C(/C=C/CC)[Si](C)(C)C)C(OC(C)(C)C)C(=O)/C=C/C.